The lowest BCUT2D eigenvalue weighted by Gasteiger charge is -2.07. The molecule has 0 aliphatic heterocycles. The minimum atomic E-state index is 0.381. The molecule has 0 atom stereocenters. The minimum Gasteiger partial charge on any atom is -0.487 e. The van der Waals surface area contributed by atoms with Gasteiger partial charge in [-0.3, -0.25) is 0 Å². The number of rotatable bonds is 10. The first-order valence-corrected chi connectivity index (χ1v) is 10.6. The summed E-state index contributed by atoms with van der Waals surface area (Å²) < 4.78 is 13.6. The Morgan fingerprint density at radius 1 is 1.00 bits per heavy atom. The lowest BCUT2D eigenvalue weighted by molar-refractivity contribution is 0.301. The second-order valence-electron chi connectivity index (χ2n) is 7.48. The van der Waals surface area contributed by atoms with E-state index in [1.165, 1.54) is 5.56 Å². The molecule has 0 amide bonds. The molecule has 0 radical (unpaired) electrons. The molecule has 0 aliphatic rings. The van der Waals surface area contributed by atoms with Crippen molar-refractivity contribution in [3.8, 4) is 5.75 Å². The molecule has 2 aromatic heterocycles. The van der Waals surface area contributed by atoms with E-state index in [1.807, 2.05) is 73.9 Å². The Kier molecular flexibility index (Phi) is 6.96. The van der Waals surface area contributed by atoms with Crippen LogP contribution in [0.4, 0.5) is 0 Å². The van der Waals surface area contributed by atoms with Gasteiger partial charge in [0.1, 0.15) is 30.1 Å². The van der Waals surface area contributed by atoms with Crippen molar-refractivity contribution in [3.63, 3.8) is 0 Å². The van der Waals surface area contributed by atoms with Crippen molar-refractivity contribution in [2.24, 2.45) is 0 Å². The van der Waals surface area contributed by atoms with Crippen LogP contribution in [0.5, 0.6) is 5.75 Å². The van der Waals surface area contributed by atoms with Crippen molar-refractivity contribution in [1.82, 2.24) is 14.5 Å². The molecule has 158 valence electrons. The van der Waals surface area contributed by atoms with E-state index in [0.717, 1.165) is 48.6 Å². The topological polar surface area (TPSA) is 53.1 Å². The molecule has 5 nitrogen and oxygen atoms in total. The summed E-state index contributed by atoms with van der Waals surface area (Å²) in [5, 5.41) is 0. The summed E-state index contributed by atoms with van der Waals surface area (Å²) in [5.74, 6) is 2.49. The lowest BCUT2D eigenvalue weighted by Crippen LogP contribution is -2.00. The van der Waals surface area contributed by atoms with Crippen LogP contribution in [0.15, 0.2) is 77.7 Å². The molecule has 0 N–H and O–H groups in total. The molecule has 0 spiro atoms. The van der Waals surface area contributed by atoms with Crippen LogP contribution in [0.1, 0.15) is 41.4 Å². The third-order valence-electron chi connectivity index (χ3n) is 5.14. The van der Waals surface area contributed by atoms with E-state index in [9.17, 15) is 0 Å². The summed E-state index contributed by atoms with van der Waals surface area (Å²) in [7, 11) is 0. The fourth-order valence-corrected chi connectivity index (χ4v) is 3.36. The van der Waals surface area contributed by atoms with Gasteiger partial charge in [-0.1, -0.05) is 42.5 Å². The summed E-state index contributed by atoms with van der Waals surface area (Å²) in [4.78, 5) is 8.71. The summed E-state index contributed by atoms with van der Waals surface area (Å²) in [6.45, 7) is 3.44. The minimum absolute atomic E-state index is 0.381. The third kappa shape index (κ3) is 6.19. The molecule has 4 rings (SSSR count). The summed E-state index contributed by atoms with van der Waals surface area (Å²) in [6.07, 6.45) is 12.7. The van der Waals surface area contributed by atoms with Gasteiger partial charge in [-0.25, -0.2) is 9.97 Å². The molecule has 31 heavy (non-hydrogen) atoms. The SMILES string of the molecule is Cc1nccn1CCCCc1ccc(OCc2coc(/C=C/c3ccccc3)n2)cc1. The standard InChI is InChI=1S/C26H27N3O2/c1-21-27-16-18-29(21)17-6-5-9-23-10-13-25(14-11-23)30-19-24-20-31-26(28-24)15-12-22-7-3-2-4-8-22/h2-4,7-8,10-16,18,20H,5-6,9,17,19H2,1H3/b15-12+. The van der Waals surface area contributed by atoms with Gasteiger partial charge in [-0.05, 0) is 55.5 Å². The van der Waals surface area contributed by atoms with E-state index in [1.54, 1.807) is 6.26 Å². The van der Waals surface area contributed by atoms with E-state index in [0.29, 0.717) is 12.5 Å². The van der Waals surface area contributed by atoms with E-state index in [2.05, 4.69) is 26.7 Å². The first-order valence-electron chi connectivity index (χ1n) is 10.6. The van der Waals surface area contributed by atoms with Gasteiger partial charge in [0, 0.05) is 25.0 Å². The fraction of sp³-hybridized carbons (Fsp3) is 0.231. The molecule has 5 heteroatoms. The van der Waals surface area contributed by atoms with E-state index < -0.39 is 0 Å². The average molecular weight is 414 g/mol. The zero-order valence-corrected chi connectivity index (χ0v) is 17.8. The van der Waals surface area contributed by atoms with Crippen LogP contribution >= 0.6 is 0 Å². The number of unbranched alkanes of at least 4 members (excludes halogenated alkanes) is 1. The predicted molar refractivity (Wildman–Crippen MR) is 123 cm³/mol. The molecule has 0 saturated carbocycles. The van der Waals surface area contributed by atoms with Crippen molar-refractivity contribution >= 4 is 12.2 Å². The molecule has 0 fully saturated rings. The van der Waals surface area contributed by atoms with Crippen molar-refractivity contribution in [2.75, 3.05) is 0 Å². The number of ether oxygens (including phenoxy) is 1. The summed E-state index contributed by atoms with van der Waals surface area (Å²) >= 11 is 0. The average Bonchev–Trinajstić information content (AvgIpc) is 3.44. The van der Waals surface area contributed by atoms with Crippen LogP contribution in [-0.2, 0) is 19.6 Å². The lowest BCUT2D eigenvalue weighted by atomic mass is 10.1. The number of oxazole rings is 1. The highest BCUT2D eigenvalue weighted by atomic mass is 16.5. The highest BCUT2D eigenvalue weighted by Crippen LogP contribution is 2.16. The Balaban J connectivity index is 1.20. The maximum atomic E-state index is 5.85. The van der Waals surface area contributed by atoms with E-state index >= 15 is 0 Å². The van der Waals surface area contributed by atoms with E-state index in [4.69, 9.17) is 9.15 Å². The smallest absolute Gasteiger partial charge is 0.218 e. The molecule has 0 saturated heterocycles. The maximum Gasteiger partial charge on any atom is 0.218 e. The Morgan fingerprint density at radius 3 is 2.61 bits per heavy atom. The number of aryl methyl sites for hydroxylation is 3. The van der Waals surface area contributed by atoms with Gasteiger partial charge in [0.2, 0.25) is 5.89 Å². The van der Waals surface area contributed by atoms with Gasteiger partial charge in [-0.15, -0.1) is 0 Å². The largest absolute Gasteiger partial charge is 0.487 e. The van der Waals surface area contributed by atoms with E-state index in [-0.39, 0.29) is 0 Å². The monoisotopic (exact) mass is 413 g/mol. The number of imidazole rings is 1. The number of hydrogen-bond donors (Lipinski definition) is 0. The van der Waals surface area contributed by atoms with Gasteiger partial charge >= 0.3 is 0 Å². The fourth-order valence-electron chi connectivity index (χ4n) is 3.36. The molecule has 0 bridgehead atoms. The number of benzene rings is 2. The Hall–Kier alpha value is -3.60. The predicted octanol–water partition coefficient (Wildman–Crippen LogP) is 5.95. The Bertz CT molecular complexity index is 1100. The molecule has 4 aromatic rings. The molecule has 2 aromatic carbocycles. The van der Waals surface area contributed by atoms with Crippen LogP contribution in [0.25, 0.3) is 12.2 Å². The zero-order valence-electron chi connectivity index (χ0n) is 17.8. The Labute approximate surface area is 183 Å². The maximum absolute atomic E-state index is 5.85. The normalized spacial score (nSPS) is 11.3. The molecular weight excluding hydrogens is 386 g/mol. The van der Waals surface area contributed by atoms with Gasteiger partial charge in [0.25, 0.3) is 0 Å². The first kappa shape index (κ1) is 20.7. The molecular formula is C26H27N3O2. The van der Waals surface area contributed by atoms with Crippen LogP contribution in [0.3, 0.4) is 0 Å². The number of hydrogen-bond acceptors (Lipinski definition) is 4. The van der Waals surface area contributed by atoms with Gasteiger partial charge in [-0.2, -0.15) is 0 Å². The van der Waals surface area contributed by atoms with Crippen LogP contribution in [-0.4, -0.2) is 14.5 Å². The third-order valence-corrected chi connectivity index (χ3v) is 5.14. The summed E-state index contributed by atoms with van der Waals surface area (Å²) in [6, 6.07) is 18.4. The second-order valence-corrected chi connectivity index (χ2v) is 7.48. The first-order chi connectivity index (χ1) is 15.3. The van der Waals surface area contributed by atoms with Crippen LogP contribution < -0.4 is 4.74 Å². The second kappa shape index (κ2) is 10.4. The van der Waals surface area contributed by atoms with Crippen molar-refractivity contribution in [1.29, 1.82) is 0 Å². The molecule has 0 unspecified atom stereocenters. The van der Waals surface area contributed by atoms with Gasteiger partial charge in [0.05, 0.1) is 0 Å². The van der Waals surface area contributed by atoms with Gasteiger partial charge in [0.15, 0.2) is 0 Å². The van der Waals surface area contributed by atoms with Crippen molar-refractivity contribution in [3.05, 3.63) is 102 Å². The van der Waals surface area contributed by atoms with Crippen LogP contribution in [0.2, 0.25) is 0 Å². The van der Waals surface area contributed by atoms with Crippen molar-refractivity contribution in [2.45, 2.75) is 39.3 Å². The quantitative estimate of drug-likeness (QED) is 0.301. The number of aromatic nitrogens is 3. The van der Waals surface area contributed by atoms with Gasteiger partial charge < -0.3 is 13.7 Å². The number of nitrogens with zero attached hydrogens (tertiary/aromatic N) is 3. The molecule has 0 aliphatic carbocycles. The Morgan fingerprint density at radius 2 is 1.84 bits per heavy atom. The highest BCUT2D eigenvalue weighted by Gasteiger charge is 2.03. The molecule has 2 heterocycles. The summed E-state index contributed by atoms with van der Waals surface area (Å²) in [5.41, 5.74) is 3.20. The zero-order chi connectivity index (χ0) is 21.3. The van der Waals surface area contributed by atoms with Crippen molar-refractivity contribution < 1.29 is 9.15 Å². The highest BCUT2D eigenvalue weighted by molar-refractivity contribution is 5.65. The van der Waals surface area contributed by atoms with Crippen LogP contribution in [0, 0.1) is 6.92 Å².